The molecular weight excluding hydrogens is 456 g/mol. The van der Waals surface area contributed by atoms with E-state index >= 15 is 0 Å². The molecule has 0 bridgehead atoms. The molecule has 0 aliphatic carbocycles. The van der Waals surface area contributed by atoms with Crippen LogP contribution in [0.3, 0.4) is 0 Å². The van der Waals surface area contributed by atoms with Crippen LogP contribution in [0.15, 0.2) is 48.5 Å². The van der Waals surface area contributed by atoms with Crippen LogP contribution in [-0.4, -0.2) is 20.8 Å². The Morgan fingerprint density at radius 3 is 1.06 bits per heavy atom. The third-order valence-electron chi connectivity index (χ3n) is 6.33. The smallest absolute Gasteiger partial charge is 0.417 e. The Bertz CT molecular complexity index is 836. The highest BCUT2D eigenvalue weighted by atomic mass is 32.2. The maximum atomic E-state index is 12.3. The van der Waals surface area contributed by atoms with Crippen molar-refractivity contribution in [3.63, 3.8) is 0 Å². The molecule has 0 saturated carbocycles. The van der Waals surface area contributed by atoms with Gasteiger partial charge in [0.1, 0.15) is 23.0 Å². The Morgan fingerprint density at radius 1 is 0.562 bits per heavy atom. The van der Waals surface area contributed by atoms with E-state index in [1.54, 1.807) is 24.3 Å². The minimum absolute atomic E-state index is 0.114. The standard InChI is InChI=1S/C24H38O5SSi2/c1-23(2,3)31(7,8)28-21-15-11-19(12-16-21)26-30(25)27-20-13-17-22(18-14-20)29-32(9,10)24(4,5)6/h11-18H,1-10H3. The van der Waals surface area contributed by atoms with E-state index in [2.05, 4.69) is 67.7 Å². The molecule has 8 heteroatoms. The Kier molecular flexibility index (Phi) is 7.95. The average molecular weight is 495 g/mol. The first-order valence-electron chi connectivity index (χ1n) is 10.9. The van der Waals surface area contributed by atoms with E-state index < -0.39 is 28.0 Å². The second-order valence-electron chi connectivity index (χ2n) is 11.0. The molecule has 0 unspecified atom stereocenters. The van der Waals surface area contributed by atoms with Crippen molar-refractivity contribution in [1.82, 2.24) is 0 Å². The second-order valence-corrected chi connectivity index (χ2v) is 21.2. The van der Waals surface area contributed by atoms with E-state index in [0.717, 1.165) is 11.5 Å². The van der Waals surface area contributed by atoms with Crippen molar-refractivity contribution in [1.29, 1.82) is 0 Å². The van der Waals surface area contributed by atoms with Crippen molar-refractivity contribution < 1.29 is 21.4 Å². The molecule has 0 radical (unpaired) electrons. The zero-order valence-electron chi connectivity index (χ0n) is 21.1. The van der Waals surface area contributed by atoms with Gasteiger partial charge in [-0.05, 0) is 84.8 Å². The molecule has 0 aliphatic rings. The van der Waals surface area contributed by atoms with Gasteiger partial charge in [0.05, 0.1) is 0 Å². The lowest BCUT2D eigenvalue weighted by Gasteiger charge is -2.36. The summed E-state index contributed by atoms with van der Waals surface area (Å²) in [6.45, 7) is 22.0. The summed E-state index contributed by atoms with van der Waals surface area (Å²) in [5.41, 5.74) is 0. The molecule has 0 spiro atoms. The lowest BCUT2D eigenvalue weighted by Crippen LogP contribution is -2.43. The van der Waals surface area contributed by atoms with Gasteiger partial charge in [0.15, 0.2) is 0 Å². The van der Waals surface area contributed by atoms with Gasteiger partial charge in [-0.1, -0.05) is 41.5 Å². The van der Waals surface area contributed by atoms with Gasteiger partial charge in [-0.25, -0.2) is 0 Å². The number of rotatable bonds is 8. The van der Waals surface area contributed by atoms with Crippen LogP contribution < -0.4 is 17.2 Å². The number of benzene rings is 2. The normalized spacial score (nSPS) is 13.1. The summed E-state index contributed by atoms with van der Waals surface area (Å²) >= 11 is -1.97. The Hall–Kier alpha value is -1.78. The van der Waals surface area contributed by atoms with Crippen LogP contribution >= 0.6 is 0 Å². The average Bonchev–Trinajstić information content (AvgIpc) is 2.62. The third kappa shape index (κ3) is 7.11. The van der Waals surface area contributed by atoms with Gasteiger partial charge in [0.2, 0.25) is 16.6 Å². The maximum absolute atomic E-state index is 12.3. The summed E-state index contributed by atoms with van der Waals surface area (Å²) < 4.78 is 35.6. The monoisotopic (exact) mass is 494 g/mol. The predicted octanol–water partition coefficient (Wildman–Crippen LogP) is 7.49. The van der Waals surface area contributed by atoms with Crippen molar-refractivity contribution in [3.05, 3.63) is 48.5 Å². The maximum Gasteiger partial charge on any atom is 0.417 e. The van der Waals surface area contributed by atoms with Gasteiger partial charge < -0.3 is 17.2 Å². The van der Waals surface area contributed by atoms with Gasteiger partial charge in [-0.15, -0.1) is 0 Å². The van der Waals surface area contributed by atoms with Crippen LogP contribution in [0.4, 0.5) is 0 Å². The summed E-state index contributed by atoms with van der Waals surface area (Å²) in [5.74, 6) is 2.47. The fourth-order valence-electron chi connectivity index (χ4n) is 2.20. The summed E-state index contributed by atoms with van der Waals surface area (Å²) in [7, 11) is -3.82. The lowest BCUT2D eigenvalue weighted by molar-refractivity contribution is 0.458. The quantitative estimate of drug-likeness (QED) is 0.356. The van der Waals surface area contributed by atoms with E-state index in [-0.39, 0.29) is 10.1 Å². The summed E-state index contributed by atoms with van der Waals surface area (Å²) in [6, 6.07) is 14.3. The Balaban J connectivity index is 1.94. The molecule has 0 aliphatic heterocycles. The van der Waals surface area contributed by atoms with Crippen LogP contribution in [0, 0.1) is 0 Å². The van der Waals surface area contributed by atoms with Crippen molar-refractivity contribution in [2.24, 2.45) is 0 Å². The molecule has 2 rings (SSSR count). The first-order chi connectivity index (χ1) is 14.5. The van der Waals surface area contributed by atoms with E-state index in [0.29, 0.717) is 11.5 Å². The number of hydrogen-bond acceptors (Lipinski definition) is 5. The highest BCUT2D eigenvalue weighted by molar-refractivity contribution is 7.75. The molecular formula is C24H38O5SSi2. The molecule has 2 aromatic carbocycles. The van der Waals surface area contributed by atoms with Crippen LogP contribution in [0.1, 0.15) is 41.5 Å². The molecule has 0 saturated heterocycles. The van der Waals surface area contributed by atoms with Gasteiger partial charge in [0.25, 0.3) is 0 Å². The Morgan fingerprint density at radius 2 is 0.812 bits per heavy atom. The summed E-state index contributed by atoms with van der Waals surface area (Å²) in [5, 5.41) is 0.228. The molecule has 2 aromatic rings. The van der Waals surface area contributed by atoms with Crippen LogP contribution in [-0.2, 0) is 11.4 Å². The molecule has 178 valence electrons. The molecule has 0 aromatic heterocycles. The van der Waals surface area contributed by atoms with Gasteiger partial charge in [-0.3, -0.25) is 0 Å². The minimum Gasteiger partial charge on any atom is -0.543 e. The molecule has 0 atom stereocenters. The molecule has 0 heterocycles. The zero-order chi connectivity index (χ0) is 24.4. The Labute approximate surface area is 198 Å². The van der Waals surface area contributed by atoms with Crippen molar-refractivity contribution in [3.8, 4) is 23.0 Å². The van der Waals surface area contributed by atoms with E-state index in [9.17, 15) is 4.21 Å². The largest absolute Gasteiger partial charge is 0.543 e. The number of hydrogen-bond donors (Lipinski definition) is 0. The molecule has 5 nitrogen and oxygen atoms in total. The highest BCUT2D eigenvalue weighted by Gasteiger charge is 2.39. The molecule has 0 fully saturated rings. The van der Waals surface area contributed by atoms with Gasteiger partial charge in [0, 0.05) is 0 Å². The molecule has 32 heavy (non-hydrogen) atoms. The van der Waals surface area contributed by atoms with Crippen LogP contribution in [0.5, 0.6) is 23.0 Å². The van der Waals surface area contributed by atoms with E-state index in [1.165, 1.54) is 0 Å². The lowest BCUT2D eigenvalue weighted by atomic mass is 10.2. The van der Waals surface area contributed by atoms with Gasteiger partial charge >= 0.3 is 11.4 Å². The van der Waals surface area contributed by atoms with Gasteiger partial charge in [-0.2, -0.15) is 4.21 Å². The summed E-state index contributed by atoms with van der Waals surface area (Å²) in [4.78, 5) is 0. The van der Waals surface area contributed by atoms with Crippen molar-refractivity contribution >= 4 is 28.0 Å². The minimum atomic E-state index is -1.97. The molecule has 0 amide bonds. The topological polar surface area (TPSA) is 54.0 Å². The van der Waals surface area contributed by atoms with E-state index in [1.807, 2.05) is 24.3 Å². The second kappa shape index (κ2) is 9.61. The predicted molar refractivity (Wildman–Crippen MR) is 138 cm³/mol. The van der Waals surface area contributed by atoms with E-state index in [4.69, 9.17) is 17.2 Å². The molecule has 0 N–H and O–H groups in total. The van der Waals surface area contributed by atoms with Crippen LogP contribution in [0.2, 0.25) is 36.3 Å². The fraction of sp³-hybridized carbons (Fsp3) is 0.500. The fourth-order valence-corrected chi connectivity index (χ4v) is 4.83. The van der Waals surface area contributed by atoms with Crippen LogP contribution in [0.25, 0.3) is 0 Å². The first kappa shape index (κ1) is 26.5. The highest BCUT2D eigenvalue weighted by Crippen LogP contribution is 2.38. The summed E-state index contributed by atoms with van der Waals surface area (Å²) in [6.07, 6.45) is 0. The third-order valence-corrected chi connectivity index (χ3v) is 15.7. The SMILES string of the molecule is CC(C)(C)[Si](C)(C)Oc1ccc(OS(=O)Oc2ccc(O[Si](C)(C)C(C)(C)C)cc2)cc1. The first-order valence-corrected chi connectivity index (χ1v) is 17.7. The zero-order valence-corrected chi connectivity index (χ0v) is 23.9. The van der Waals surface area contributed by atoms with Crippen molar-refractivity contribution in [2.45, 2.75) is 77.8 Å². The van der Waals surface area contributed by atoms with Crippen molar-refractivity contribution in [2.75, 3.05) is 0 Å².